The second-order valence-corrected chi connectivity index (χ2v) is 10.0. The third-order valence-corrected chi connectivity index (χ3v) is 7.08. The van der Waals surface area contributed by atoms with Crippen LogP contribution in [-0.2, 0) is 9.59 Å². The molecule has 10 heteroatoms. The topological polar surface area (TPSA) is 84.7 Å². The maximum atomic E-state index is 14.7. The van der Waals surface area contributed by atoms with Gasteiger partial charge in [-0.3, -0.25) is 14.5 Å². The van der Waals surface area contributed by atoms with Gasteiger partial charge in [-0.2, -0.15) is 5.10 Å². The Morgan fingerprint density at radius 3 is 2.68 bits per heavy atom. The van der Waals surface area contributed by atoms with Crippen molar-refractivity contribution < 1.29 is 23.8 Å². The molecule has 1 saturated heterocycles. The average molecular weight is 540 g/mol. The van der Waals surface area contributed by atoms with Gasteiger partial charge in [-0.25, -0.2) is 9.07 Å². The summed E-state index contributed by atoms with van der Waals surface area (Å²) in [7, 11) is 0. The minimum Gasteiger partial charge on any atom is -0.491 e. The van der Waals surface area contributed by atoms with Crippen molar-refractivity contribution in [2.75, 3.05) is 13.2 Å². The number of hydrogen-bond donors (Lipinski definition) is 1. The summed E-state index contributed by atoms with van der Waals surface area (Å²) in [5, 5.41) is 13.5. The van der Waals surface area contributed by atoms with Gasteiger partial charge in [0, 0.05) is 30.3 Å². The second kappa shape index (κ2) is 12.2. The number of unbranched alkanes of at least 4 members (excludes halogenated alkanes) is 2. The Labute approximate surface area is 223 Å². The van der Waals surface area contributed by atoms with Crippen LogP contribution in [0.4, 0.5) is 4.39 Å². The number of carbonyl (C=O) groups excluding carboxylic acids is 1. The van der Waals surface area contributed by atoms with Crippen molar-refractivity contribution in [2.45, 2.75) is 32.6 Å². The van der Waals surface area contributed by atoms with Crippen LogP contribution in [-0.4, -0.2) is 49.1 Å². The van der Waals surface area contributed by atoms with Gasteiger partial charge in [0.1, 0.15) is 10.0 Å². The molecule has 2 aromatic carbocycles. The number of ether oxygens (including phenoxy) is 1. The van der Waals surface area contributed by atoms with E-state index in [-0.39, 0.29) is 18.1 Å². The van der Waals surface area contributed by atoms with Gasteiger partial charge in [-0.15, -0.1) is 0 Å². The number of nitrogens with zero attached hydrogens (tertiary/aromatic N) is 3. The molecule has 1 fully saturated rings. The molecule has 4 rings (SSSR count). The SMILES string of the molecule is CCOc1ccc(-c2nn(-c3ccccc3)cc2/C=C2\SC(=S)N(CCCCCC(=O)O)C2=O)cc1F. The first-order chi connectivity index (χ1) is 17.9. The van der Waals surface area contributed by atoms with E-state index in [1.807, 2.05) is 30.3 Å². The number of benzene rings is 2. The van der Waals surface area contributed by atoms with Gasteiger partial charge in [0.25, 0.3) is 5.91 Å². The summed E-state index contributed by atoms with van der Waals surface area (Å²) in [5.41, 5.74) is 2.54. The first kappa shape index (κ1) is 26.6. The number of carbonyl (C=O) groups is 2. The van der Waals surface area contributed by atoms with E-state index >= 15 is 0 Å². The number of aliphatic carboxylic acids is 1. The van der Waals surface area contributed by atoms with Gasteiger partial charge in [0.15, 0.2) is 11.6 Å². The van der Waals surface area contributed by atoms with Crippen molar-refractivity contribution in [1.82, 2.24) is 14.7 Å². The molecule has 1 aliphatic heterocycles. The molecule has 0 bridgehead atoms. The first-order valence-corrected chi connectivity index (χ1v) is 13.1. The molecule has 0 saturated carbocycles. The number of carboxylic acids is 1. The lowest BCUT2D eigenvalue weighted by molar-refractivity contribution is -0.137. The van der Waals surface area contributed by atoms with Crippen LogP contribution in [0.2, 0.25) is 0 Å². The van der Waals surface area contributed by atoms with Crippen molar-refractivity contribution in [2.24, 2.45) is 0 Å². The lowest BCUT2D eigenvalue weighted by Crippen LogP contribution is -2.29. The van der Waals surface area contributed by atoms with Gasteiger partial charge < -0.3 is 9.84 Å². The maximum absolute atomic E-state index is 14.7. The number of hydrogen-bond acceptors (Lipinski definition) is 6. The zero-order chi connectivity index (χ0) is 26.4. The van der Waals surface area contributed by atoms with Crippen LogP contribution >= 0.6 is 24.0 Å². The summed E-state index contributed by atoms with van der Waals surface area (Å²) in [6.07, 6.45) is 5.56. The molecule has 0 aliphatic carbocycles. The van der Waals surface area contributed by atoms with E-state index < -0.39 is 11.8 Å². The molecule has 2 heterocycles. The number of amides is 1. The van der Waals surface area contributed by atoms with Crippen LogP contribution in [0.5, 0.6) is 5.75 Å². The van der Waals surface area contributed by atoms with Crippen LogP contribution in [0.1, 0.15) is 38.2 Å². The van der Waals surface area contributed by atoms with Gasteiger partial charge >= 0.3 is 5.97 Å². The lowest BCUT2D eigenvalue weighted by Gasteiger charge is -2.13. The van der Waals surface area contributed by atoms with E-state index in [0.29, 0.717) is 58.5 Å². The fraction of sp³-hybridized carbons (Fsp3) is 0.259. The van der Waals surface area contributed by atoms with E-state index in [1.54, 1.807) is 40.9 Å². The van der Waals surface area contributed by atoms with Crippen LogP contribution in [0.15, 0.2) is 59.6 Å². The number of aromatic nitrogens is 2. The molecule has 1 aliphatic rings. The largest absolute Gasteiger partial charge is 0.491 e. The van der Waals surface area contributed by atoms with Crippen LogP contribution in [0.25, 0.3) is 23.0 Å². The first-order valence-electron chi connectivity index (χ1n) is 11.9. The van der Waals surface area contributed by atoms with E-state index in [1.165, 1.54) is 17.8 Å². The average Bonchev–Trinajstić information content (AvgIpc) is 3.41. The molecule has 0 atom stereocenters. The Kier molecular flexibility index (Phi) is 8.73. The monoisotopic (exact) mass is 539 g/mol. The second-order valence-electron chi connectivity index (χ2n) is 8.33. The van der Waals surface area contributed by atoms with Crippen molar-refractivity contribution in [3.8, 4) is 22.7 Å². The summed E-state index contributed by atoms with van der Waals surface area (Å²) < 4.78 is 22.2. The minimum absolute atomic E-state index is 0.110. The standard InChI is InChI=1S/C27H26FN3O4S2/c1-2-35-22-13-12-18(15-21(22)28)25-19(17-31(29-25)20-9-5-3-6-10-20)16-23-26(34)30(27(36)37-23)14-8-4-7-11-24(32)33/h3,5-6,9-10,12-13,15-17H,2,4,7-8,11,14H2,1H3,(H,32,33)/b23-16-. The van der Waals surface area contributed by atoms with Crippen LogP contribution in [0, 0.1) is 5.82 Å². The zero-order valence-corrected chi connectivity index (χ0v) is 21.9. The molecule has 1 aromatic heterocycles. The van der Waals surface area contributed by atoms with Gasteiger partial charge in [0.05, 0.1) is 17.2 Å². The van der Waals surface area contributed by atoms with Crippen molar-refractivity contribution in [3.63, 3.8) is 0 Å². The summed E-state index contributed by atoms with van der Waals surface area (Å²) in [5.74, 6) is -1.36. The molecular weight excluding hydrogens is 513 g/mol. The molecule has 7 nitrogen and oxygen atoms in total. The number of rotatable bonds is 11. The number of para-hydroxylation sites is 1. The van der Waals surface area contributed by atoms with Crippen LogP contribution < -0.4 is 4.74 Å². The fourth-order valence-electron chi connectivity index (χ4n) is 3.91. The molecule has 192 valence electrons. The minimum atomic E-state index is -0.826. The van der Waals surface area contributed by atoms with E-state index in [2.05, 4.69) is 0 Å². The predicted octanol–water partition coefficient (Wildman–Crippen LogP) is 5.92. The Bertz CT molecular complexity index is 1340. The third-order valence-electron chi connectivity index (χ3n) is 5.70. The Hall–Kier alpha value is -3.50. The molecule has 3 aromatic rings. The lowest BCUT2D eigenvalue weighted by atomic mass is 10.1. The highest BCUT2D eigenvalue weighted by atomic mass is 32.2. The van der Waals surface area contributed by atoms with Gasteiger partial charge in [-0.1, -0.05) is 48.6 Å². The maximum Gasteiger partial charge on any atom is 0.303 e. The van der Waals surface area contributed by atoms with Gasteiger partial charge in [-0.05, 0) is 56.2 Å². The summed E-state index contributed by atoms with van der Waals surface area (Å²) in [6, 6.07) is 14.2. The van der Waals surface area contributed by atoms with Crippen molar-refractivity contribution >= 4 is 46.3 Å². The highest BCUT2D eigenvalue weighted by Crippen LogP contribution is 2.35. The summed E-state index contributed by atoms with van der Waals surface area (Å²) >= 11 is 6.65. The Morgan fingerprint density at radius 1 is 1.19 bits per heavy atom. The Morgan fingerprint density at radius 2 is 1.97 bits per heavy atom. The zero-order valence-electron chi connectivity index (χ0n) is 20.2. The Balaban J connectivity index is 1.62. The number of halogens is 1. The van der Waals surface area contributed by atoms with E-state index in [0.717, 1.165) is 5.69 Å². The van der Waals surface area contributed by atoms with Crippen LogP contribution in [0.3, 0.4) is 0 Å². The number of thioether (sulfide) groups is 1. The van der Waals surface area contributed by atoms with Crippen molar-refractivity contribution in [1.29, 1.82) is 0 Å². The number of thiocarbonyl (C=S) groups is 1. The van der Waals surface area contributed by atoms with E-state index in [4.69, 9.17) is 27.2 Å². The molecule has 0 radical (unpaired) electrons. The molecule has 1 amide bonds. The summed E-state index contributed by atoms with van der Waals surface area (Å²) in [4.78, 5) is 25.8. The molecule has 0 spiro atoms. The number of carboxylic acid groups (broad SMARTS) is 1. The molecular formula is C27H26FN3O4S2. The quantitative estimate of drug-likeness (QED) is 0.184. The highest BCUT2D eigenvalue weighted by Gasteiger charge is 2.32. The van der Waals surface area contributed by atoms with Gasteiger partial charge in [0.2, 0.25) is 0 Å². The summed E-state index contributed by atoms with van der Waals surface area (Å²) in [6.45, 7) is 2.58. The van der Waals surface area contributed by atoms with Crippen molar-refractivity contribution in [3.05, 3.63) is 71.0 Å². The molecule has 0 unspecified atom stereocenters. The predicted molar refractivity (Wildman–Crippen MR) is 146 cm³/mol. The fourth-order valence-corrected chi connectivity index (χ4v) is 5.21. The third kappa shape index (κ3) is 6.44. The van der Waals surface area contributed by atoms with E-state index in [9.17, 15) is 14.0 Å². The highest BCUT2D eigenvalue weighted by molar-refractivity contribution is 8.26. The molecule has 37 heavy (non-hydrogen) atoms. The smallest absolute Gasteiger partial charge is 0.303 e. The normalized spacial score (nSPS) is 14.5. The molecule has 1 N–H and O–H groups in total.